The Morgan fingerprint density at radius 2 is 2.10 bits per heavy atom. The number of para-hydroxylation sites is 1. The highest BCUT2D eigenvalue weighted by molar-refractivity contribution is 5.80. The van der Waals surface area contributed by atoms with Gasteiger partial charge in [0.05, 0.1) is 18.0 Å². The number of methoxy groups -OCH3 is 1. The van der Waals surface area contributed by atoms with E-state index in [0.717, 1.165) is 19.3 Å². The first-order valence-electron chi connectivity index (χ1n) is 7.03. The van der Waals surface area contributed by atoms with Crippen LogP contribution in [0.15, 0.2) is 35.4 Å². The number of nitro groups is 1. The van der Waals surface area contributed by atoms with Crippen LogP contribution in [0.4, 0.5) is 5.69 Å². The summed E-state index contributed by atoms with van der Waals surface area (Å²) >= 11 is 0. The maximum absolute atomic E-state index is 12.1. The van der Waals surface area contributed by atoms with E-state index >= 15 is 0 Å². The van der Waals surface area contributed by atoms with Crippen molar-refractivity contribution < 1.29 is 14.5 Å². The summed E-state index contributed by atoms with van der Waals surface area (Å²) in [6.45, 7) is 2.07. The Bertz CT molecular complexity index is 592. The fourth-order valence-electron chi connectivity index (χ4n) is 2.89. The summed E-state index contributed by atoms with van der Waals surface area (Å²) in [5, 5.41) is 11.2. The average Bonchev–Trinajstić information content (AvgIpc) is 2.89. The molecule has 0 spiro atoms. The van der Waals surface area contributed by atoms with Gasteiger partial charge >= 0.3 is 5.97 Å². The van der Waals surface area contributed by atoms with Gasteiger partial charge in [0.2, 0.25) is 0 Å². The lowest BCUT2D eigenvalue weighted by Gasteiger charge is -2.16. The van der Waals surface area contributed by atoms with E-state index in [1.165, 1.54) is 24.3 Å². The van der Waals surface area contributed by atoms with E-state index < -0.39 is 16.8 Å². The molecule has 0 N–H and O–H groups in total. The van der Waals surface area contributed by atoms with Crippen LogP contribution in [0.2, 0.25) is 0 Å². The lowest BCUT2D eigenvalue weighted by atomic mass is 9.89. The van der Waals surface area contributed by atoms with Crippen LogP contribution in [-0.2, 0) is 9.53 Å². The Labute approximate surface area is 123 Å². The summed E-state index contributed by atoms with van der Waals surface area (Å²) in [4.78, 5) is 22.9. The molecule has 0 amide bonds. The molecule has 1 aromatic rings. The lowest BCUT2D eigenvalue weighted by Crippen LogP contribution is -2.16. The van der Waals surface area contributed by atoms with Crippen molar-refractivity contribution >= 4 is 11.7 Å². The Morgan fingerprint density at radius 3 is 2.67 bits per heavy atom. The number of ether oxygens (including phenoxy) is 1. The number of rotatable bonds is 5. The van der Waals surface area contributed by atoms with Crippen molar-refractivity contribution in [1.29, 1.82) is 0 Å². The first-order chi connectivity index (χ1) is 10.0. The molecule has 0 saturated heterocycles. The molecule has 0 unspecified atom stereocenters. The molecular weight excluding hydrogens is 270 g/mol. The number of benzene rings is 1. The van der Waals surface area contributed by atoms with Gasteiger partial charge in [0.25, 0.3) is 5.69 Å². The quantitative estimate of drug-likeness (QED) is 0.358. The first-order valence-corrected chi connectivity index (χ1v) is 7.03. The summed E-state index contributed by atoms with van der Waals surface area (Å²) in [7, 11) is 1.32. The fourth-order valence-corrected chi connectivity index (χ4v) is 2.89. The van der Waals surface area contributed by atoms with E-state index in [-0.39, 0.29) is 5.69 Å². The minimum atomic E-state index is -0.611. The van der Waals surface area contributed by atoms with E-state index in [1.807, 2.05) is 0 Å². The molecule has 112 valence electrons. The zero-order valence-corrected chi connectivity index (χ0v) is 12.3. The number of carbonyl (C=O) groups excluding carboxylic acids is 1. The molecule has 0 fully saturated rings. The number of hydrogen-bond donors (Lipinski definition) is 0. The van der Waals surface area contributed by atoms with Crippen molar-refractivity contribution in [2.24, 2.45) is 0 Å². The van der Waals surface area contributed by atoms with Crippen LogP contribution in [0.1, 0.15) is 44.1 Å². The van der Waals surface area contributed by atoms with Gasteiger partial charge in [0, 0.05) is 11.6 Å². The van der Waals surface area contributed by atoms with Gasteiger partial charge in [0.15, 0.2) is 0 Å². The molecule has 5 heteroatoms. The van der Waals surface area contributed by atoms with Crippen molar-refractivity contribution in [2.45, 2.75) is 38.5 Å². The zero-order chi connectivity index (χ0) is 15.4. The highest BCUT2D eigenvalue weighted by Crippen LogP contribution is 2.37. The minimum absolute atomic E-state index is 0.0239. The Morgan fingerprint density at radius 1 is 1.38 bits per heavy atom. The van der Waals surface area contributed by atoms with Crippen molar-refractivity contribution in [3.63, 3.8) is 0 Å². The highest BCUT2D eigenvalue weighted by Gasteiger charge is 2.30. The third-order valence-corrected chi connectivity index (χ3v) is 4.08. The van der Waals surface area contributed by atoms with Gasteiger partial charge in [-0.2, -0.15) is 0 Å². The van der Waals surface area contributed by atoms with Gasteiger partial charge in [-0.15, -0.1) is 0 Å². The molecule has 1 atom stereocenters. The van der Waals surface area contributed by atoms with Crippen molar-refractivity contribution in [3.05, 3.63) is 51.1 Å². The average molecular weight is 289 g/mol. The van der Waals surface area contributed by atoms with E-state index in [4.69, 9.17) is 4.74 Å². The second-order valence-electron chi connectivity index (χ2n) is 5.33. The largest absolute Gasteiger partial charge is 0.469 e. The van der Waals surface area contributed by atoms with Gasteiger partial charge in [0.1, 0.15) is 0 Å². The Balaban J connectivity index is 2.39. The lowest BCUT2D eigenvalue weighted by molar-refractivity contribution is -0.385. The second kappa shape index (κ2) is 6.52. The SMILES string of the molecule is COC(=O)[C@@H](CC1=C(C)CCC1)c1ccccc1[N+](=O)[O-]. The number of carbonyl (C=O) groups is 1. The summed E-state index contributed by atoms with van der Waals surface area (Å²) in [6.07, 6.45) is 3.59. The molecule has 0 radical (unpaired) electrons. The van der Waals surface area contributed by atoms with Gasteiger partial charge in [-0.05, 0) is 32.6 Å². The van der Waals surface area contributed by atoms with Gasteiger partial charge in [-0.25, -0.2) is 0 Å². The van der Waals surface area contributed by atoms with E-state index in [2.05, 4.69) is 6.92 Å². The first kappa shape index (κ1) is 15.2. The number of esters is 1. The summed E-state index contributed by atoms with van der Waals surface area (Å²) in [5.74, 6) is -1.03. The number of nitrogens with zero attached hydrogens (tertiary/aromatic N) is 1. The molecule has 1 aliphatic carbocycles. The van der Waals surface area contributed by atoms with Crippen LogP contribution in [0, 0.1) is 10.1 Å². The summed E-state index contributed by atoms with van der Waals surface area (Å²) < 4.78 is 4.86. The van der Waals surface area contributed by atoms with Crippen LogP contribution < -0.4 is 0 Å². The summed E-state index contributed by atoms with van der Waals surface area (Å²) in [5.41, 5.74) is 2.93. The third-order valence-electron chi connectivity index (χ3n) is 4.08. The second-order valence-corrected chi connectivity index (χ2v) is 5.33. The number of allylic oxidation sites excluding steroid dienone is 2. The van der Waals surface area contributed by atoms with Gasteiger partial charge in [-0.1, -0.05) is 29.3 Å². The zero-order valence-electron chi connectivity index (χ0n) is 12.3. The van der Waals surface area contributed by atoms with Gasteiger partial charge < -0.3 is 4.74 Å². The predicted molar refractivity (Wildman–Crippen MR) is 79.0 cm³/mol. The molecule has 0 heterocycles. The minimum Gasteiger partial charge on any atom is -0.469 e. The molecule has 0 saturated carbocycles. The van der Waals surface area contributed by atoms with Crippen molar-refractivity contribution in [3.8, 4) is 0 Å². The fraction of sp³-hybridized carbons (Fsp3) is 0.438. The molecule has 5 nitrogen and oxygen atoms in total. The normalized spacial score (nSPS) is 15.9. The number of nitro benzene ring substituents is 1. The van der Waals surface area contributed by atoms with Crippen LogP contribution in [0.3, 0.4) is 0 Å². The third kappa shape index (κ3) is 3.29. The molecule has 0 bridgehead atoms. The molecular formula is C16H19NO4. The highest BCUT2D eigenvalue weighted by atomic mass is 16.6. The van der Waals surface area contributed by atoms with Crippen LogP contribution >= 0.6 is 0 Å². The van der Waals surface area contributed by atoms with Crippen molar-refractivity contribution in [1.82, 2.24) is 0 Å². The van der Waals surface area contributed by atoms with Crippen LogP contribution in [0.5, 0.6) is 0 Å². The van der Waals surface area contributed by atoms with Crippen molar-refractivity contribution in [2.75, 3.05) is 7.11 Å². The maximum Gasteiger partial charge on any atom is 0.313 e. The number of hydrogen-bond acceptors (Lipinski definition) is 4. The monoisotopic (exact) mass is 289 g/mol. The van der Waals surface area contributed by atoms with E-state index in [1.54, 1.807) is 18.2 Å². The standard InChI is InChI=1S/C16H19NO4/c1-11-6-5-7-12(11)10-14(16(18)21-2)13-8-3-4-9-15(13)17(19)20/h3-4,8-9,14H,5-7,10H2,1-2H3/t14-/m0/s1. The van der Waals surface area contributed by atoms with Crippen LogP contribution in [0.25, 0.3) is 0 Å². The molecule has 0 aliphatic heterocycles. The maximum atomic E-state index is 12.1. The predicted octanol–water partition coefficient (Wildman–Crippen LogP) is 3.74. The van der Waals surface area contributed by atoms with E-state index in [9.17, 15) is 14.9 Å². The molecule has 2 rings (SSSR count). The molecule has 1 aliphatic rings. The molecule has 21 heavy (non-hydrogen) atoms. The Kier molecular flexibility index (Phi) is 4.73. The Hall–Kier alpha value is -2.17. The van der Waals surface area contributed by atoms with Gasteiger partial charge in [-0.3, -0.25) is 14.9 Å². The van der Waals surface area contributed by atoms with E-state index in [0.29, 0.717) is 12.0 Å². The molecule has 1 aromatic carbocycles. The smallest absolute Gasteiger partial charge is 0.313 e. The van der Waals surface area contributed by atoms with Crippen LogP contribution in [-0.4, -0.2) is 18.0 Å². The summed E-state index contributed by atoms with van der Waals surface area (Å²) in [6, 6.07) is 6.40. The topological polar surface area (TPSA) is 69.4 Å². The molecule has 0 aromatic heterocycles.